The summed E-state index contributed by atoms with van der Waals surface area (Å²) < 4.78 is 10.6. The Kier molecular flexibility index (Phi) is 8.35. The summed E-state index contributed by atoms with van der Waals surface area (Å²) in [6.45, 7) is 5.63. The molecule has 9 heteroatoms. The Morgan fingerprint density at radius 3 is 2.36 bits per heavy atom. The molecule has 0 saturated heterocycles. The summed E-state index contributed by atoms with van der Waals surface area (Å²) in [5.74, 6) is -1.22. The minimum Gasteiger partial charge on any atom is -0.465 e. The fraction of sp³-hybridized carbons (Fsp3) is 0.316. The van der Waals surface area contributed by atoms with Crippen molar-refractivity contribution >= 4 is 58.2 Å². The van der Waals surface area contributed by atoms with Crippen LogP contribution in [0.4, 0.5) is 5.69 Å². The maximum Gasteiger partial charge on any atom is 0.348 e. The second-order valence-electron chi connectivity index (χ2n) is 5.49. The lowest BCUT2D eigenvalue weighted by Gasteiger charge is -2.08. The van der Waals surface area contributed by atoms with E-state index in [-0.39, 0.29) is 30.8 Å². The van der Waals surface area contributed by atoms with Gasteiger partial charge >= 0.3 is 11.9 Å². The number of nitrogens with one attached hydrogen (secondary N) is 1. The Hall–Kier alpha value is -2.03. The van der Waals surface area contributed by atoms with Gasteiger partial charge in [-0.15, -0.1) is 23.1 Å². The van der Waals surface area contributed by atoms with E-state index < -0.39 is 5.97 Å². The van der Waals surface area contributed by atoms with E-state index in [0.29, 0.717) is 30.9 Å². The van der Waals surface area contributed by atoms with Crippen molar-refractivity contribution in [2.45, 2.75) is 25.0 Å². The molecule has 0 aliphatic rings. The van der Waals surface area contributed by atoms with Crippen LogP contribution in [0.25, 0.3) is 0 Å². The summed E-state index contributed by atoms with van der Waals surface area (Å²) in [6.07, 6.45) is 0. The average molecular weight is 442 g/mol. The lowest BCUT2D eigenvalue weighted by Crippen LogP contribution is -2.14. The summed E-state index contributed by atoms with van der Waals surface area (Å²) in [6, 6.07) is 6.69. The van der Waals surface area contributed by atoms with Gasteiger partial charge in [0.1, 0.15) is 4.88 Å². The van der Waals surface area contributed by atoms with E-state index in [0.717, 1.165) is 23.1 Å². The molecule has 0 saturated carbocycles. The number of anilines is 1. The third kappa shape index (κ3) is 5.73. The van der Waals surface area contributed by atoms with Gasteiger partial charge < -0.3 is 14.8 Å². The molecule has 0 aliphatic heterocycles. The number of hydrogen-bond donors (Lipinski definition) is 1. The molecule has 0 bridgehead atoms. The number of benzene rings is 1. The Morgan fingerprint density at radius 1 is 1.11 bits per heavy atom. The predicted molar refractivity (Wildman–Crippen MR) is 112 cm³/mol. The lowest BCUT2D eigenvalue weighted by molar-refractivity contribution is -0.139. The third-order valence-electron chi connectivity index (χ3n) is 3.53. The van der Waals surface area contributed by atoms with Crippen molar-refractivity contribution in [3.8, 4) is 0 Å². The first kappa shape index (κ1) is 22.3. The standard InChI is InChI=1S/C19H20ClNO5S2/c1-4-25-14(22)10-27-19-15(11(3)16(28-19)18(24)26-5-2)17(23)21-13-8-6-12(20)7-9-13/h6-9H,4-5,10H2,1-3H3,(H,21,23). The molecular weight excluding hydrogens is 422 g/mol. The van der Waals surface area contributed by atoms with Gasteiger partial charge in [0, 0.05) is 10.7 Å². The van der Waals surface area contributed by atoms with Crippen LogP contribution in [0.1, 0.15) is 39.4 Å². The molecule has 150 valence electrons. The summed E-state index contributed by atoms with van der Waals surface area (Å²) in [4.78, 5) is 37.2. The minimum absolute atomic E-state index is 0.0390. The molecular formula is C19H20ClNO5S2. The number of carbonyl (C=O) groups is 3. The minimum atomic E-state index is -0.492. The molecule has 1 N–H and O–H groups in total. The number of thiophene rings is 1. The molecule has 2 rings (SSSR count). The molecule has 6 nitrogen and oxygen atoms in total. The number of esters is 2. The molecule has 0 unspecified atom stereocenters. The smallest absolute Gasteiger partial charge is 0.348 e. The number of halogens is 1. The van der Waals surface area contributed by atoms with Crippen LogP contribution < -0.4 is 5.32 Å². The maximum absolute atomic E-state index is 12.9. The van der Waals surface area contributed by atoms with Gasteiger partial charge in [-0.05, 0) is 50.6 Å². The molecule has 1 aromatic carbocycles. The van der Waals surface area contributed by atoms with Crippen molar-refractivity contribution in [2.24, 2.45) is 0 Å². The largest absolute Gasteiger partial charge is 0.465 e. The molecule has 0 aliphatic carbocycles. The highest BCUT2D eigenvalue weighted by Crippen LogP contribution is 2.37. The lowest BCUT2D eigenvalue weighted by atomic mass is 10.1. The Bertz CT molecular complexity index is 864. The van der Waals surface area contributed by atoms with Crippen molar-refractivity contribution in [2.75, 3.05) is 24.3 Å². The second-order valence-corrected chi connectivity index (χ2v) is 8.19. The molecule has 0 radical (unpaired) electrons. The maximum atomic E-state index is 12.9. The third-order valence-corrected chi connectivity index (χ3v) is 6.30. The van der Waals surface area contributed by atoms with E-state index >= 15 is 0 Å². The molecule has 1 amide bonds. The van der Waals surface area contributed by atoms with Crippen molar-refractivity contribution < 1.29 is 23.9 Å². The zero-order valence-corrected chi connectivity index (χ0v) is 18.1. The van der Waals surface area contributed by atoms with Crippen molar-refractivity contribution in [1.82, 2.24) is 0 Å². The molecule has 1 aromatic heterocycles. The van der Waals surface area contributed by atoms with Crippen LogP contribution in [0.15, 0.2) is 28.5 Å². The zero-order valence-electron chi connectivity index (χ0n) is 15.7. The van der Waals surface area contributed by atoms with Crippen molar-refractivity contribution in [3.63, 3.8) is 0 Å². The fourth-order valence-electron chi connectivity index (χ4n) is 2.30. The number of ether oxygens (including phenoxy) is 2. The fourth-order valence-corrected chi connectivity index (χ4v) is 4.74. The highest BCUT2D eigenvalue weighted by molar-refractivity contribution is 8.01. The Labute approximate surface area is 176 Å². The topological polar surface area (TPSA) is 81.7 Å². The molecule has 2 aromatic rings. The van der Waals surface area contributed by atoms with Crippen LogP contribution in [0, 0.1) is 6.92 Å². The van der Waals surface area contributed by atoms with Crippen LogP contribution in [0.2, 0.25) is 5.02 Å². The van der Waals surface area contributed by atoms with Gasteiger partial charge in [0.25, 0.3) is 5.91 Å². The quantitative estimate of drug-likeness (QED) is 0.468. The highest BCUT2D eigenvalue weighted by atomic mass is 35.5. The Balaban J connectivity index is 2.32. The number of rotatable bonds is 8. The van der Waals surface area contributed by atoms with Crippen LogP contribution in [-0.4, -0.2) is 36.8 Å². The van der Waals surface area contributed by atoms with Crippen molar-refractivity contribution in [3.05, 3.63) is 45.3 Å². The number of thioether (sulfide) groups is 1. The van der Waals surface area contributed by atoms with E-state index in [1.54, 1.807) is 45.0 Å². The van der Waals surface area contributed by atoms with Crippen LogP contribution >= 0.6 is 34.7 Å². The first-order valence-electron chi connectivity index (χ1n) is 8.53. The van der Waals surface area contributed by atoms with Gasteiger partial charge in [-0.2, -0.15) is 0 Å². The predicted octanol–water partition coefficient (Wildman–Crippen LogP) is 4.79. The normalized spacial score (nSPS) is 10.4. The van der Waals surface area contributed by atoms with E-state index in [9.17, 15) is 14.4 Å². The first-order chi connectivity index (χ1) is 13.4. The first-order valence-corrected chi connectivity index (χ1v) is 10.7. The molecule has 1 heterocycles. The summed E-state index contributed by atoms with van der Waals surface area (Å²) >= 11 is 8.17. The van der Waals surface area contributed by atoms with Crippen LogP contribution in [0.3, 0.4) is 0 Å². The number of amides is 1. The van der Waals surface area contributed by atoms with Gasteiger partial charge in [0.15, 0.2) is 0 Å². The van der Waals surface area contributed by atoms with Gasteiger partial charge in [0.05, 0.1) is 28.7 Å². The number of hydrogen-bond acceptors (Lipinski definition) is 7. The second kappa shape index (κ2) is 10.5. The molecule has 0 fully saturated rings. The molecule has 0 atom stereocenters. The van der Waals surface area contributed by atoms with Crippen LogP contribution in [0.5, 0.6) is 0 Å². The average Bonchev–Trinajstić information content (AvgIpc) is 2.99. The zero-order chi connectivity index (χ0) is 20.7. The summed E-state index contributed by atoms with van der Waals surface area (Å²) in [5.41, 5.74) is 1.43. The summed E-state index contributed by atoms with van der Waals surface area (Å²) in [5, 5.41) is 3.35. The van der Waals surface area contributed by atoms with Crippen LogP contribution in [-0.2, 0) is 14.3 Å². The van der Waals surface area contributed by atoms with Gasteiger partial charge in [0.2, 0.25) is 0 Å². The van der Waals surface area contributed by atoms with Gasteiger partial charge in [-0.1, -0.05) is 11.6 Å². The Morgan fingerprint density at radius 2 is 1.75 bits per heavy atom. The van der Waals surface area contributed by atoms with Gasteiger partial charge in [-0.25, -0.2) is 4.79 Å². The van der Waals surface area contributed by atoms with Crippen molar-refractivity contribution in [1.29, 1.82) is 0 Å². The van der Waals surface area contributed by atoms with E-state index in [1.165, 1.54) is 0 Å². The monoisotopic (exact) mass is 441 g/mol. The van der Waals surface area contributed by atoms with E-state index in [4.69, 9.17) is 21.1 Å². The SMILES string of the molecule is CCOC(=O)CSc1sc(C(=O)OCC)c(C)c1C(=O)Nc1ccc(Cl)cc1. The van der Waals surface area contributed by atoms with Gasteiger partial charge in [-0.3, -0.25) is 9.59 Å². The van der Waals surface area contributed by atoms with E-state index in [1.807, 2.05) is 0 Å². The molecule has 28 heavy (non-hydrogen) atoms. The molecule has 0 spiro atoms. The van der Waals surface area contributed by atoms with E-state index in [2.05, 4.69) is 5.32 Å². The number of carbonyl (C=O) groups excluding carboxylic acids is 3. The highest BCUT2D eigenvalue weighted by Gasteiger charge is 2.26. The summed E-state index contributed by atoms with van der Waals surface area (Å²) in [7, 11) is 0.